The molecular weight excluding hydrogens is 341 g/mol. The van der Waals surface area contributed by atoms with E-state index < -0.39 is 0 Å². The minimum Gasteiger partial charge on any atom is -0.378 e. The lowest BCUT2D eigenvalue weighted by atomic mass is 9.79. The van der Waals surface area contributed by atoms with Crippen molar-refractivity contribution in [3.8, 4) is 0 Å². The number of anilines is 2. The van der Waals surface area contributed by atoms with Crippen LogP contribution in [0, 0.1) is 24.2 Å². The number of carbonyl (C=O) groups is 1. The lowest BCUT2D eigenvalue weighted by Gasteiger charge is -2.46. The Morgan fingerprint density at radius 2 is 2.04 bits per heavy atom. The number of carbonyl (C=O) groups excluding carboxylic acids is 1. The predicted octanol–water partition coefficient (Wildman–Crippen LogP) is 5.31. The van der Waals surface area contributed by atoms with E-state index in [2.05, 4.69) is 17.1 Å². The third kappa shape index (κ3) is 3.16. The summed E-state index contributed by atoms with van der Waals surface area (Å²) >= 11 is 0. The molecule has 27 heavy (non-hydrogen) atoms. The van der Waals surface area contributed by atoms with Crippen LogP contribution in [0.4, 0.5) is 21.5 Å². The molecule has 4 nitrogen and oxygen atoms in total. The van der Waals surface area contributed by atoms with Crippen LogP contribution in [0.1, 0.15) is 38.3 Å². The molecule has 0 saturated heterocycles. The Kier molecular flexibility index (Phi) is 4.35. The highest BCUT2D eigenvalue weighted by Gasteiger charge is 2.47. The van der Waals surface area contributed by atoms with Gasteiger partial charge in [-0.05, 0) is 54.7 Å². The van der Waals surface area contributed by atoms with Crippen LogP contribution < -0.4 is 10.2 Å². The van der Waals surface area contributed by atoms with E-state index >= 15 is 0 Å². The maximum Gasteiger partial charge on any atom is 0.224 e. The lowest BCUT2D eigenvalue weighted by Crippen LogP contribution is -2.51. The summed E-state index contributed by atoms with van der Waals surface area (Å²) in [6.07, 6.45) is 2.25. The summed E-state index contributed by atoms with van der Waals surface area (Å²) in [7, 11) is 0. The molecule has 138 valence electrons. The van der Waals surface area contributed by atoms with Crippen molar-refractivity contribution in [1.82, 2.24) is 0 Å². The van der Waals surface area contributed by atoms with Gasteiger partial charge < -0.3 is 10.2 Å². The van der Waals surface area contributed by atoms with E-state index in [1.807, 2.05) is 23.1 Å². The molecule has 2 aromatic carbocycles. The highest BCUT2D eigenvalue weighted by molar-refractivity contribution is 5.94. The number of nitrogens with one attached hydrogen (secondary N) is 1. The average molecular weight is 363 g/mol. The summed E-state index contributed by atoms with van der Waals surface area (Å²) in [6.45, 7) is 11.1. The first kappa shape index (κ1) is 17.5. The van der Waals surface area contributed by atoms with Gasteiger partial charge in [0.2, 0.25) is 5.91 Å². The van der Waals surface area contributed by atoms with E-state index in [1.165, 1.54) is 12.1 Å². The largest absolute Gasteiger partial charge is 0.378 e. The smallest absolute Gasteiger partial charge is 0.224 e. The maximum atomic E-state index is 13.7. The SMILES string of the molecule is [C-]#[N+]c1ccc2c(c1)[C@H](Nc1cccc(F)c1)[C@@H](C)[C@H](C1CC1)N2C(C)=O. The van der Waals surface area contributed by atoms with Gasteiger partial charge in [0.15, 0.2) is 5.69 Å². The number of benzene rings is 2. The molecule has 1 amide bonds. The maximum absolute atomic E-state index is 13.7. The number of rotatable bonds is 3. The van der Waals surface area contributed by atoms with E-state index in [0.29, 0.717) is 17.3 Å². The Balaban J connectivity index is 1.82. The fourth-order valence-corrected chi connectivity index (χ4v) is 4.38. The normalized spacial score (nSPS) is 24.1. The number of nitrogens with zero attached hydrogens (tertiary/aromatic N) is 2. The van der Waals surface area contributed by atoms with E-state index in [0.717, 1.165) is 24.1 Å². The van der Waals surface area contributed by atoms with Crippen molar-refractivity contribution >= 4 is 23.0 Å². The summed E-state index contributed by atoms with van der Waals surface area (Å²) in [5.74, 6) is 0.370. The van der Waals surface area contributed by atoms with Crippen LogP contribution in [-0.4, -0.2) is 11.9 Å². The van der Waals surface area contributed by atoms with Gasteiger partial charge in [-0.3, -0.25) is 4.79 Å². The van der Waals surface area contributed by atoms with E-state index in [1.54, 1.807) is 19.1 Å². The van der Waals surface area contributed by atoms with Gasteiger partial charge in [0.1, 0.15) is 5.82 Å². The topological polar surface area (TPSA) is 36.7 Å². The first-order valence-corrected chi connectivity index (χ1v) is 9.33. The molecule has 0 aromatic heterocycles. The molecule has 3 atom stereocenters. The molecule has 1 aliphatic carbocycles. The van der Waals surface area contributed by atoms with Crippen LogP contribution in [-0.2, 0) is 4.79 Å². The number of hydrogen-bond donors (Lipinski definition) is 1. The molecule has 2 aromatic rings. The molecule has 0 bridgehead atoms. The predicted molar refractivity (Wildman–Crippen MR) is 104 cm³/mol. The number of fused-ring (bicyclic) bond motifs is 1. The summed E-state index contributed by atoms with van der Waals surface area (Å²) in [5.41, 5.74) is 3.03. The van der Waals surface area contributed by atoms with Gasteiger partial charge in [-0.2, -0.15) is 0 Å². The summed E-state index contributed by atoms with van der Waals surface area (Å²) < 4.78 is 13.7. The van der Waals surface area contributed by atoms with Crippen molar-refractivity contribution in [1.29, 1.82) is 0 Å². The number of amides is 1. The van der Waals surface area contributed by atoms with Gasteiger partial charge in [0, 0.05) is 30.3 Å². The Hall–Kier alpha value is -2.87. The lowest BCUT2D eigenvalue weighted by molar-refractivity contribution is -0.117. The van der Waals surface area contributed by atoms with Crippen molar-refractivity contribution in [2.24, 2.45) is 11.8 Å². The summed E-state index contributed by atoms with van der Waals surface area (Å²) in [5, 5.41) is 3.47. The van der Waals surface area contributed by atoms with Gasteiger partial charge in [-0.15, -0.1) is 0 Å². The average Bonchev–Trinajstić information content (AvgIpc) is 3.47. The van der Waals surface area contributed by atoms with Crippen LogP contribution in [0.2, 0.25) is 0 Å². The zero-order chi connectivity index (χ0) is 19.1. The van der Waals surface area contributed by atoms with Crippen molar-refractivity contribution < 1.29 is 9.18 Å². The van der Waals surface area contributed by atoms with Gasteiger partial charge >= 0.3 is 0 Å². The van der Waals surface area contributed by atoms with Gasteiger partial charge in [0.25, 0.3) is 0 Å². The Morgan fingerprint density at radius 1 is 1.26 bits per heavy atom. The monoisotopic (exact) mass is 363 g/mol. The minimum absolute atomic E-state index is 0.0276. The number of halogens is 1. The molecule has 5 heteroatoms. The molecule has 2 aliphatic rings. The highest BCUT2D eigenvalue weighted by Crippen LogP contribution is 2.50. The summed E-state index contributed by atoms with van der Waals surface area (Å²) in [4.78, 5) is 18.0. The van der Waals surface area contributed by atoms with Crippen molar-refractivity contribution in [3.63, 3.8) is 0 Å². The molecule has 0 radical (unpaired) electrons. The van der Waals surface area contributed by atoms with Crippen LogP contribution >= 0.6 is 0 Å². The van der Waals surface area contributed by atoms with Crippen LogP contribution in [0.25, 0.3) is 4.85 Å². The zero-order valence-electron chi connectivity index (χ0n) is 15.4. The molecule has 1 saturated carbocycles. The van der Waals surface area contributed by atoms with Gasteiger partial charge in [-0.1, -0.05) is 19.1 Å². The quantitative estimate of drug-likeness (QED) is 0.750. The van der Waals surface area contributed by atoms with Crippen LogP contribution in [0.5, 0.6) is 0 Å². The van der Waals surface area contributed by atoms with Crippen molar-refractivity contribution in [3.05, 3.63) is 65.3 Å². The van der Waals surface area contributed by atoms with Crippen LogP contribution in [0.3, 0.4) is 0 Å². The molecule has 0 unspecified atom stereocenters. The molecular formula is C22H22FN3O. The standard InChI is InChI=1S/C22H22FN3O/c1-13-21(25-18-6-4-5-16(23)11-18)19-12-17(24-3)9-10-20(19)26(14(2)27)22(13)15-7-8-15/h4-6,9-13,15,21-22,25H,7-8H2,1-2H3/t13-,21-,22-/m1/s1. The van der Waals surface area contributed by atoms with Gasteiger partial charge in [0.05, 0.1) is 12.6 Å². The molecule has 1 fully saturated rings. The second-order valence-corrected chi connectivity index (χ2v) is 7.56. The Labute approximate surface area is 158 Å². The summed E-state index contributed by atoms with van der Waals surface area (Å²) in [6, 6.07) is 11.9. The highest BCUT2D eigenvalue weighted by atomic mass is 19.1. The third-order valence-electron chi connectivity index (χ3n) is 5.69. The zero-order valence-corrected chi connectivity index (χ0v) is 15.4. The fourth-order valence-electron chi connectivity index (χ4n) is 4.38. The minimum atomic E-state index is -0.289. The molecule has 0 spiro atoms. The van der Waals surface area contributed by atoms with E-state index in [4.69, 9.17) is 6.57 Å². The van der Waals surface area contributed by atoms with Crippen molar-refractivity contribution in [2.45, 2.75) is 38.8 Å². The van der Waals surface area contributed by atoms with E-state index in [-0.39, 0.29) is 29.7 Å². The van der Waals surface area contributed by atoms with Crippen molar-refractivity contribution in [2.75, 3.05) is 10.2 Å². The molecule has 1 aliphatic heterocycles. The first-order chi connectivity index (χ1) is 13.0. The second-order valence-electron chi connectivity index (χ2n) is 7.56. The number of hydrogen-bond acceptors (Lipinski definition) is 2. The Morgan fingerprint density at radius 3 is 2.67 bits per heavy atom. The van der Waals surface area contributed by atoms with Gasteiger partial charge in [-0.25, -0.2) is 9.24 Å². The third-order valence-corrected chi connectivity index (χ3v) is 5.69. The fraction of sp³-hybridized carbons (Fsp3) is 0.364. The molecule has 1 N–H and O–H groups in total. The molecule has 4 rings (SSSR count). The van der Waals surface area contributed by atoms with Crippen LogP contribution in [0.15, 0.2) is 42.5 Å². The van der Waals surface area contributed by atoms with E-state index in [9.17, 15) is 9.18 Å². The molecule has 1 heterocycles. The second kappa shape index (κ2) is 6.70. The Bertz CT molecular complexity index is 931. The first-order valence-electron chi connectivity index (χ1n) is 9.33.